The van der Waals surface area contributed by atoms with E-state index in [4.69, 9.17) is 5.53 Å². The van der Waals surface area contributed by atoms with E-state index in [1.54, 1.807) is 6.08 Å². The van der Waals surface area contributed by atoms with E-state index in [9.17, 15) is 9.90 Å². The van der Waals surface area contributed by atoms with Gasteiger partial charge in [0.25, 0.3) is 0 Å². The molecule has 4 heteroatoms. The van der Waals surface area contributed by atoms with Crippen molar-refractivity contribution in [2.24, 2.45) is 0 Å². The number of carbonyl (C=O) groups excluding carboxylic acids is 1. The van der Waals surface area contributed by atoms with Crippen molar-refractivity contribution in [2.45, 2.75) is 13.0 Å². The fourth-order valence-electron chi connectivity index (χ4n) is 1.20. The number of aliphatic hydroxyl groups is 1. The van der Waals surface area contributed by atoms with Crippen LogP contribution in [0.1, 0.15) is 12.5 Å². The van der Waals surface area contributed by atoms with Gasteiger partial charge in [-0.05, 0) is 11.6 Å². The van der Waals surface area contributed by atoms with E-state index in [0.717, 1.165) is 5.56 Å². The van der Waals surface area contributed by atoms with Crippen LogP contribution in [0, 0.1) is 0 Å². The largest absolute Gasteiger partial charge is 0.377 e. The fourth-order valence-corrected chi connectivity index (χ4v) is 1.20. The van der Waals surface area contributed by atoms with Crippen LogP contribution in [0.5, 0.6) is 0 Å². The molecular weight excluding hydrogens is 204 g/mol. The van der Waals surface area contributed by atoms with Crippen molar-refractivity contribution >= 4 is 17.6 Å². The highest BCUT2D eigenvalue weighted by Gasteiger charge is 2.22. The Balaban J connectivity index is 2.79. The maximum Gasteiger partial charge on any atom is 0.366 e. The second-order valence-electron chi connectivity index (χ2n) is 3.26. The number of aliphatic hydroxyl groups excluding tert-OH is 1. The summed E-state index contributed by atoms with van der Waals surface area (Å²) in [6, 6.07) is 9.31. The first-order chi connectivity index (χ1) is 7.65. The number of nitrogens with zero attached hydrogens (tertiary/aromatic N) is 2. The van der Waals surface area contributed by atoms with Gasteiger partial charge in [0.05, 0.1) is 0 Å². The van der Waals surface area contributed by atoms with Crippen LogP contribution in [0.3, 0.4) is 0 Å². The molecule has 1 rings (SSSR count). The van der Waals surface area contributed by atoms with E-state index >= 15 is 0 Å². The Hall–Kier alpha value is -2.03. The van der Waals surface area contributed by atoms with Crippen molar-refractivity contribution in [1.82, 2.24) is 0 Å². The molecule has 0 aromatic heterocycles. The van der Waals surface area contributed by atoms with Gasteiger partial charge in [-0.15, -0.1) is 0 Å². The lowest BCUT2D eigenvalue weighted by atomic mass is 10.1. The van der Waals surface area contributed by atoms with Crippen LogP contribution in [-0.2, 0) is 4.79 Å². The van der Waals surface area contributed by atoms with Crippen molar-refractivity contribution in [3.05, 3.63) is 47.5 Å². The summed E-state index contributed by atoms with van der Waals surface area (Å²) in [5, 5.41) is 9.54. The first-order valence-corrected chi connectivity index (χ1v) is 4.79. The predicted molar refractivity (Wildman–Crippen MR) is 60.8 cm³/mol. The first kappa shape index (κ1) is 12.0. The third-order valence-electron chi connectivity index (χ3n) is 2.02. The molecule has 0 aliphatic heterocycles. The van der Waals surface area contributed by atoms with Crippen molar-refractivity contribution in [3.63, 3.8) is 0 Å². The van der Waals surface area contributed by atoms with E-state index in [-0.39, 0.29) is 5.71 Å². The molecule has 1 atom stereocenters. The molecule has 0 aliphatic carbocycles. The smallest absolute Gasteiger partial charge is 0.366 e. The maximum atomic E-state index is 10.9. The van der Waals surface area contributed by atoms with Gasteiger partial charge in [-0.25, -0.2) is 0 Å². The number of hydrogen-bond acceptors (Lipinski definition) is 2. The molecule has 0 aliphatic rings. The number of hydrogen-bond donors (Lipinski definition) is 1. The molecule has 0 fully saturated rings. The zero-order valence-corrected chi connectivity index (χ0v) is 8.87. The van der Waals surface area contributed by atoms with Crippen LogP contribution in [0.2, 0.25) is 0 Å². The second kappa shape index (κ2) is 5.75. The predicted octanol–water partition coefficient (Wildman–Crippen LogP) is 1.32. The number of Topliss-reactive ketones (excluding diaryl/α,β-unsaturated/α-hetero) is 1. The van der Waals surface area contributed by atoms with Crippen LogP contribution < -0.4 is 0 Å². The molecule has 0 bridgehead atoms. The molecule has 1 aromatic carbocycles. The third-order valence-corrected chi connectivity index (χ3v) is 2.02. The minimum Gasteiger partial charge on any atom is -0.377 e. The Labute approximate surface area is 93.5 Å². The average molecular weight is 216 g/mol. The molecule has 1 aromatic rings. The number of ketones is 1. The minimum absolute atomic E-state index is 0.271. The Morgan fingerprint density at radius 1 is 1.44 bits per heavy atom. The monoisotopic (exact) mass is 216 g/mol. The molecule has 4 nitrogen and oxygen atoms in total. The molecule has 0 saturated heterocycles. The van der Waals surface area contributed by atoms with Gasteiger partial charge in [-0.1, -0.05) is 36.4 Å². The van der Waals surface area contributed by atoms with E-state index in [1.807, 2.05) is 30.3 Å². The van der Waals surface area contributed by atoms with Gasteiger partial charge >= 0.3 is 5.71 Å². The lowest BCUT2D eigenvalue weighted by Crippen LogP contribution is -2.25. The van der Waals surface area contributed by atoms with Gasteiger partial charge in [-0.2, -0.15) is 4.79 Å². The van der Waals surface area contributed by atoms with Crippen LogP contribution in [0.25, 0.3) is 11.6 Å². The van der Waals surface area contributed by atoms with Crippen molar-refractivity contribution < 1.29 is 14.7 Å². The minimum atomic E-state index is -1.19. The van der Waals surface area contributed by atoms with E-state index in [2.05, 4.69) is 4.79 Å². The molecule has 0 spiro atoms. The standard InChI is InChI=1S/C12H12N2O2/c1-9(15)12(14-13)11(16)8-7-10-5-3-2-4-6-10/h2-8,11,16H,1H3/b8-7+. The maximum absolute atomic E-state index is 10.9. The van der Waals surface area contributed by atoms with Crippen LogP contribution in [0.4, 0.5) is 0 Å². The van der Waals surface area contributed by atoms with Gasteiger partial charge in [0.2, 0.25) is 5.78 Å². The normalized spacial score (nSPS) is 12.1. The molecule has 16 heavy (non-hydrogen) atoms. The quantitative estimate of drug-likeness (QED) is 0.468. The highest BCUT2D eigenvalue weighted by molar-refractivity contribution is 6.38. The van der Waals surface area contributed by atoms with Crippen molar-refractivity contribution in [2.75, 3.05) is 0 Å². The van der Waals surface area contributed by atoms with E-state index in [0.29, 0.717) is 0 Å². The summed E-state index contributed by atoms with van der Waals surface area (Å²) in [5.74, 6) is -0.465. The van der Waals surface area contributed by atoms with E-state index in [1.165, 1.54) is 13.0 Å². The van der Waals surface area contributed by atoms with E-state index < -0.39 is 11.9 Å². The summed E-state index contributed by atoms with van der Waals surface area (Å²) in [7, 11) is 0. The summed E-state index contributed by atoms with van der Waals surface area (Å²) in [6.45, 7) is 1.23. The Kier molecular flexibility index (Phi) is 4.33. The summed E-state index contributed by atoms with van der Waals surface area (Å²) >= 11 is 0. The Morgan fingerprint density at radius 2 is 2.06 bits per heavy atom. The number of rotatable bonds is 4. The second-order valence-corrected chi connectivity index (χ2v) is 3.26. The summed E-state index contributed by atoms with van der Waals surface area (Å²) < 4.78 is 0. The molecule has 82 valence electrons. The molecule has 1 N–H and O–H groups in total. The first-order valence-electron chi connectivity index (χ1n) is 4.79. The zero-order chi connectivity index (χ0) is 12.0. The van der Waals surface area contributed by atoms with Gasteiger partial charge in [-0.3, -0.25) is 4.79 Å². The van der Waals surface area contributed by atoms with Crippen molar-refractivity contribution in [1.29, 1.82) is 0 Å². The molecule has 0 heterocycles. The number of benzene rings is 1. The Bertz CT molecular complexity index is 445. The molecular formula is C12H12N2O2. The lowest BCUT2D eigenvalue weighted by molar-refractivity contribution is -0.116. The van der Waals surface area contributed by atoms with Crippen LogP contribution in [0.15, 0.2) is 36.4 Å². The lowest BCUT2D eigenvalue weighted by Gasteiger charge is -1.97. The zero-order valence-electron chi connectivity index (χ0n) is 8.87. The van der Waals surface area contributed by atoms with Gasteiger partial charge in [0.1, 0.15) is 0 Å². The molecule has 0 radical (unpaired) electrons. The van der Waals surface area contributed by atoms with Gasteiger partial charge in [0, 0.05) is 6.92 Å². The van der Waals surface area contributed by atoms with Crippen molar-refractivity contribution in [3.8, 4) is 0 Å². The molecule has 0 amide bonds. The third kappa shape index (κ3) is 3.28. The van der Waals surface area contributed by atoms with Gasteiger partial charge < -0.3 is 10.6 Å². The Morgan fingerprint density at radius 3 is 2.56 bits per heavy atom. The summed E-state index contributed by atoms with van der Waals surface area (Å²) in [5.41, 5.74) is 9.16. The topological polar surface area (TPSA) is 73.7 Å². The summed E-state index contributed by atoms with van der Waals surface area (Å²) in [6.07, 6.45) is 1.85. The SMILES string of the molecule is CC(=O)C(=[N+]=[N-])C(O)/C=C/c1ccccc1. The van der Waals surface area contributed by atoms with Gasteiger partial charge in [0.15, 0.2) is 6.10 Å². The van der Waals surface area contributed by atoms with Crippen LogP contribution >= 0.6 is 0 Å². The highest BCUT2D eigenvalue weighted by atomic mass is 16.3. The van der Waals surface area contributed by atoms with Crippen LogP contribution in [-0.4, -0.2) is 27.5 Å². The molecule has 0 saturated carbocycles. The summed E-state index contributed by atoms with van der Waals surface area (Å²) in [4.78, 5) is 13.7. The number of carbonyl (C=O) groups is 1. The fraction of sp³-hybridized carbons (Fsp3) is 0.167. The highest BCUT2D eigenvalue weighted by Crippen LogP contribution is 2.02. The molecule has 1 unspecified atom stereocenters. The average Bonchev–Trinajstić information content (AvgIpc) is 2.28.